The average Bonchev–Trinajstić information content (AvgIpc) is 4.24. The van der Waals surface area contributed by atoms with E-state index in [1.54, 1.807) is 61.9 Å². The van der Waals surface area contributed by atoms with E-state index in [-0.39, 0.29) is 62.0 Å². The number of hydrogen-bond acceptors (Lipinski definition) is 14. The lowest BCUT2D eigenvalue weighted by Crippen LogP contribution is -2.59. The Kier molecular flexibility index (Phi) is 17.1. The molecule has 2 saturated carbocycles. The summed E-state index contributed by atoms with van der Waals surface area (Å²) in [5, 5.41) is 29.3. The van der Waals surface area contributed by atoms with Gasteiger partial charge in [-0.15, -0.1) is 11.3 Å². The minimum atomic E-state index is -1.98. The zero-order chi connectivity index (χ0) is 57.0. The fraction of sp³-hybridized carbons (Fsp3) is 0.500. The van der Waals surface area contributed by atoms with E-state index in [1.807, 2.05) is 40.6 Å². The molecule has 2 aromatic carbocycles. The molecule has 0 radical (unpaired) electrons. The van der Waals surface area contributed by atoms with Crippen molar-refractivity contribution in [2.45, 2.75) is 128 Å². The molecule has 3 atom stereocenters. The predicted molar refractivity (Wildman–Crippen MR) is 301 cm³/mol. The van der Waals surface area contributed by atoms with Gasteiger partial charge in [0.05, 0.1) is 64.8 Å². The van der Waals surface area contributed by atoms with E-state index in [9.17, 15) is 33.5 Å². The predicted octanol–water partition coefficient (Wildman–Crippen LogP) is 6.83. The number of carbonyl (C=O) groups is 5. The number of alkyl halides is 1. The summed E-state index contributed by atoms with van der Waals surface area (Å²) >= 11 is 1.52. The van der Waals surface area contributed by atoms with E-state index >= 15 is 4.39 Å². The lowest BCUT2D eigenvalue weighted by atomic mass is 9.85. The number of nitrogens with one attached hydrogen (secondary N) is 5. The number of piperazine rings is 1. The molecule has 2 saturated heterocycles. The number of β-amino-alcohol motifs (C(OH)–C–C–N with tert-alkyl or cyclic N) is 1. The van der Waals surface area contributed by atoms with E-state index in [0.717, 1.165) is 83.6 Å². The fourth-order valence-corrected chi connectivity index (χ4v) is 11.2. The molecule has 0 bridgehead atoms. The topological polar surface area (TPSA) is 244 Å². The summed E-state index contributed by atoms with van der Waals surface area (Å²) in [6.07, 6.45) is 12.9. The first kappa shape index (κ1) is 56.9. The number of anilines is 2. The molecular formula is C58H71F2N13O7S. The van der Waals surface area contributed by atoms with Gasteiger partial charge < -0.3 is 40.9 Å². The normalized spacial score (nSPS) is 18.4. The Morgan fingerprint density at radius 2 is 1.73 bits per heavy atom. The number of aryl methyl sites for hydroxylation is 1. The van der Waals surface area contributed by atoms with Crippen LogP contribution in [0.5, 0.6) is 5.75 Å². The second-order valence-electron chi connectivity index (χ2n) is 22.9. The molecule has 4 fully saturated rings. The number of likely N-dealkylation sites (tertiary alicyclic amines) is 1. The van der Waals surface area contributed by atoms with Gasteiger partial charge in [-0.2, -0.15) is 5.10 Å². The van der Waals surface area contributed by atoms with Gasteiger partial charge in [-0.05, 0) is 80.7 Å². The Morgan fingerprint density at radius 1 is 0.951 bits per heavy atom. The quantitative estimate of drug-likeness (QED) is 0.0361. The number of aliphatic hydroxyl groups excluding tert-OH is 1. The number of aromatic nitrogens is 6. The minimum absolute atomic E-state index is 0.0164. The molecule has 0 spiro atoms. The molecule has 5 amide bonds. The van der Waals surface area contributed by atoms with Crippen molar-refractivity contribution < 1.29 is 42.6 Å². The lowest BCUT2D eigenvalue weighted by molar-refractivity contribution is -0.145. The number of H-pyrrole nitrogens is 1. The Morgan fingerprint density at radius 3 is 2.43 bits per heavy atom. The molecule has 430 valence electrons. The van der Waals surface area contributed by atoms with Gasteiger partial charge in [-0.1, -0.05) is 52.2 Å². The molecular weight excluding hydrogens is 1060 g/mol. The van der Waals surface area contributed by atoms with Gasteiger partial charge in [-0.25, -0.2) is 23.7 Å². The van der Waals surface area contributed by atoms with Crippen molar-refractivity contribution in [2.24, 2.45) is 5.41 Å². The molecule has 20 nitrogen and oxygen atoms in total. The highest BCUT2D eigenvalue weighted by atomic mass is 32.1. The molecule has 81 heavy (non-hydrogen) atoms. The number of benzene rings is 2. The maximum Gasteiger partial charge on any atom is 0.258 e. The third kappa shape index (κ3) is 13.5. The number of amides is 5. The highest BCUT2D eigenvalue weighted by molar-refractivity contribution is 7.13. The number of nitrogens with zero attached hydrogens (tertiary/aromatic N) is 8. The summed E-state index contributed by atoms with van der Waals surface area (Å²) in [4.78, 5) is 86.8. The van der Waals surface area contributed by atoms with Crippen molar-refractivity contribution in [1.82, 2.24) is 60.2 Å². The van der Waals surface area contributed by atoms with Crippen LogP contribution in [0, 0.1) is 18.2 Å². The number of rotatable bonds is 23. The van der Waals surface area contributed by atoms with Gasteiger partial charge in [0.2, 0.25) is 17.7 Å². The number of aliphatic hydroxyl groups is 1. The third-order valence-corrected chi connectivity index (χ3v) is 16.6. The molecule has 6 N–H and O–H groups in total. The first-order valence-corrected chi connectivity index (χ1v) is 28.9. The Labute approximate surface area is 472 Å². The molecule has 10 rings (SSSR count). The summed E-state index contributed by atoms with van der Waals surface area (Å²) in [5.74, 6) is -1.43. The van der Waals surface area contributed by atoms with Crippen LogP contribution in [0.2, 0.25) is 0 Å². The van der Waals surface area contributed by atoms with Crippen molar-refractivity contribution in [3.8, 4) is 27.4 Å². The van der Waals surface area contributed by atoms with E-state index in [0.29, 0.717) is 62.5 Å². The van der Waals surface area contributed by atoms with Gasteiger partial charge in [-0.3, -0.25) is 38.4 Å². The van der Waals surface area contributed by atoms with Crippen LogP contribution in [0.1, 0.15) is 118 Å². The summed E-state index contributed by atoms with van der Waals surface area (Å²) in [6.45, 7) is 10.2. The van der Waals surface area contributed by atoms with Crippen LogP contribution in [-0.4, -0.2) is 155 Å². The molecule has 4 aliphatic rings. The first-order chi connectivity index (χ1) is 38.9. The number of fused-ring (bicyclic) bond motifs is 1. The number of halogens is 2. The number of hydrogen-bond donors (Lipinski definition) is 6. The van der Waals surface area contributed by atoms with Crippen LogP contribution in [0.25, 0.3) is 27.3 Å². The number of aromatic amines is 1. The van der Waals surface area contributed by atoms with Gasteiger partial charge in [0.1, 0.15) is 23.7 Å². The largest absolute Gasteiger partial charge is 0.493 e. The van der Waals surface area contributed by atoms with E-state index < -0.39 is 52.8 Å². The maximum absolute atomic E-state index is 15.7. The smallest absolute Gasteiger partial charge is 0.258 e. The Bertz CT molecular complexity index is 3260. The number of carbonyl (C=O) groups excluding carboxylic acids is 5. The number of unbranched alkanes of at least 4 members (excludes halogenated alkanes) is 4. The zero-order valence-electron chi connectivity index (χ0n) is 46.2. The molecule has 2 aliphatic carbocycles. The van der Waals surface area contributed by atoms with E-state index in [2.05, 4.69) is 41.4 Å². The third-order valence-electron chi connectivity index (χ3n) is 15.6. The number of ether oxygens (including phenoxy) is 1. The summed E-state index contributed by atoms with van der Waals surface area (Å²) in [7, 11) is 0. The van der Waals surface area contributed by atoms with Crippen molar-refractivity contribution in [3.05, 3.63) is 95.0 Å². The van der Waals surface area contributed by atoms with Crippen LogP contribution >= 0.6 is 11.3 Å². The first-order valence-electron chi connectivity index (χ1n) is 28.1. The van der Waals surface area contributed by atoms with Crippen LogP contribution in [0.4, 0.5) is 20.3 Å². The Hall–Kier alpha value is -7.37. The minimum Gasteiger partial charge on any atom is -0.493 e. The molecule has 0 unspecified atom stereocenters. The Balaban J connectivity index is 0.637. The molecule has 2 aliphatic heterocycles. The molecule has 4 aromatic heterocycles. The molecule has 6 aromatic rings. The van der Waals surface area contributed by atoms with Crippen molar-refractivity contribution in [3.63, 3.8) is 0 Å². The van der Waals surface area contributed by atoms with Gasteiger partial charge in [0.15, 0.2) is 17.1 Å². The van der Waals surface area contributed by atoms with Crippen molar-refractivity contribution in [2.75, 3.05) is 57.7 Å². The second-order valence-corrected chi connectivity index (χ2v) is 23.8. The standard InChI is InChI=1S/C58H71F2N13O7S/c1-35-49(81-34-64-35)37-12-13-39(27-63-53(76)45-26-41(74)31-73(45)55(78)50(57(2,3)4)69-56(79)58(60)16-17-58)47(25-37)80-23-9-7-5-6-8-18-61-48(75)33-70-19-21-71(22-20-70)54(77)38-14-15-43(42(59)24-38)67-51-52-62-30-46(40-28-65-66-29-40)72(52)32-44(68-51)36-10-11-36/h12-15,24-25,28-30,32,34,36,41,45,50,74H,5-11,16-23,26-27,31,33H2,1-4H3,(H,61,75)(H,63,76)(H,65,66)(H,67,68)(H,69,79)/t41-,45+,50-/m1/s1. The molecule has 6 heterocycles. The van der Waals surface area contributed by atoms with Crippen LogP contribution in [0.15, 0.2) is 66.7 Å². The van der Waals surface area contributed by atoms with Crippen LogP contribution in [0.3, 0.4) is 0 Å². The van der Waals surface area contributed by atoms with Crippen molar-refractivity contribution in [1.29, 1.82) is 0 Å². The monoisotopic (exact) mass is 1130 g/mol. The maximum atomic E-state index is 15.7. The highest BCUT2D eigenvalue weighted by Crippen LogP contribution is 2.42. The van der Waals surface area contributed by atoms with Crippen LogP contribution in [-0.2, 0) is 25.7 Å². The van der Waals surface area contributed by atoms with Gasteiger partial charge in [0.25, 0.3) is 11.8 Å². The van der Waals surface area contributed by atoms with Gasteiger partial charge >= 0.3 is 0 Å². The molecule has 23 heteroatoms. The van der Waals surface area contributed by atoms with Crippen LogP contribution < -0.4 is 26.0 Å². The number of thiazole rings is 1. The summed E-state index contributed by atoms with van der Waals surface area (Å²) < 4.78 is 38.7. The second kappa shape index (κ2) is 24.4. The zero-order valence-corrected chi connectivity index (χ0v) is 47.1. The summed E-state index contributed by atoms with van der Waals surface area (Å²) in [5.41, 5.74) is 5.11. The van der Waals surface area contributed by atoms with E-state index in [4.69, 9.17) is 9.72 Å². The summed E-state index contributed by atoms with van der Waals surface area (Å²) in [6, 6.07) is 8.11. The van der Waals surface area contributed by atoms with Crippen molar-refractivity contribution >= 4 is 58.0 Å². The number of imidazole rings is 1. The highest BCUT2D eigenvalue weighted by Gasteiger charge is 2.53. The van der Waals surface area contributed by atoms with Gasteiger partial charge in [0, 0.05) is 87.2 Å². The fourth-order valence-electron chi connectivity index (χ4n) is 10.4. The lowest BCUT2D eigenvalue weighted by Gasteiger charge is -2.35. The van der Waals surface area contributed by atoms with E-state index in [1.165, 1.54) is 22.3 Å². The average molecular weight is 1130 g/mol. The SMILES string of the molecule is Cc1ncsc1-c1ccc(CNC(=O)[C@@H]2C[C@@H](O)CN2C(=O)[C@@H](NC(=O)C2(F)CC2)C(C)(C)C)c(OCCCCCCCNC(=O)CN2CCN(C(=O)c3ccc(Nc4nc(C5CC5)cn5c(-c6cn[nH]c6)cnc45)c(F)c3)CC2)c1.